The second-order valence-electron chi connectivity index (χ2n) is 6.31. The van der Waals surface area contributed by atoms with E-state index < -0.39 is 0 Å². The van der Waals surface area contributed by atoms with Gasteiger partial charge in [-0.1, -0.05) is 18.2 Å². The molecule has 3 rings (SSSR count). The minimum Gasteiger partial charge on any atom is -0.496 e. The van der Waals surface area contributed by atoms with Crippen LogP contribution in [0.5, 0.6) is 5.75 Å². The topological polar surface area (TPSA) is 137 Å². The number of rotatable bonds is 9. The fraction of sp³-hybridized carbons (Fsp3) is 0.316. The number of carbonyl (C=O) groups is 2. The number of hydrogen-bond donors (Lipinski definition) is 3. The number of aryl methyl sites for hydroxylation is 1. The van der Waals surface area contributed by atoms with Gasteiger partial charge in [-0.05, 0) is 18.1 Å². The Morgan fingerprint density at radius 2 is 1.97 bits per heavy atom. The molecule has 4 N–H and O–H groups in total. The van der Waals surface area contributed by atoms with Crippen molar-refractivity contribution in [3.8, 4) is 5.75 Å². The molecule has 0 aliphatic rings. The molecule has 0 spiro atoms. The van der Waals surface area contributed by atoms with Crippen LogP contribution in [0.2, 0.25) is 0 Å². The smallest absolute Gasteiger partial charge is 0.239 e. The Morgan fingerprint density at radius 3 is 2.79 bits per heavy atom. The van der Waals surface area contributed by atoms with Crippen LogP contribution in [0.15, 0.2) is 36.9 Å². The Morgan fingerprint density at radius 1 is 1.14 bits per heavy atom. The number of benzene rings is 1. The van der Waals surface area contributed by atoms with Crippen molar-refractivity contribution in [2.24, 2.45) is 0 Å². The van der Waals surface area contributed by atoms with Crippen molar-refractivity contribution in [2.75, 3.05) is 25.9 Å². The lowest BCUT2D eigenvalue weighted by Gasteiger charge is -2.10. The Kier molecular flexibility index (Phi) is 6.56. The maximum atomic E-state index is 12.0. The first-order chi connectivity index (χ1) is 14.1. The number of nitrogens with zero attached hydrogens (tertiary/aromatic N) is 4. The zero-order chi connectivity index (χ0) is 20.6. The van der Waals surface area contributed by atoms with Crippen molar-refractivity contribution < 1.29 is 14.3 Å². The normalized spacial score (nSPS) is 10.7. The van der Waals surface area contributed by atoms with E-state index in [1.54, 1.807) is 18.0 Å². The summed E-state index contributed by atoms with van der Waals surface area (Å²) in [6, 6.07) is 7.64. The molecule has 0 saturated carbocycles. The van der Waals surface area contributed by atoms with Crippen molar-refractivity contribution in [1.82, 2.24) is 30.2 Å². The van der Waals surface area contributed by atoms with Crippen molar-refractivity contribution in [2.45, 2.75) is 19.4 Å². The molecule has 0 radical (unpaired) electrons. The minimum absolute atomic E-state index is 0.0788. The van der Waals surface area contributed by atoms with E-state index in [2.05, 4.69) is 25.6 Å². The lowest BCUT2D eigenvalue weighted by atomic mass is 10.1. The average molecular weight is 397 g/mol. The highest BCUT2D eigenvalue weighted by atomic mass is 16.5. The summed E-state index contributed by atoms with van der Waals surface area (Å²) >= 11 is 0. The van der Waals surface area contributed by atoms with Crippen molar-refractivity contribution >= 4 is 28.8 Å². The number of aromatic nitrogens is 4. The molecular weight excluding hydrogens is 374 g/mol. The Labute approximate surface area is 167 Å². The Hall–Kier alpha value is -3.69. The van der Waals surface area contributed by atoms with Crippen LogP contribution in [0.4, 0.5) is 5.82 Å². The summed E-state index contributed by atoms with van der Waals surface area (Å²) in [5.41, 5.74) is 7.82. The third-order valence-electron chi connectivity index (χ3n) is 4.36. The van der Waals surface area contributed by atoms with E-state index in [9.17, 15) is 9.59 Å². The van der Waals surface area contributed by atoms with E-state index in [0.29, 0.717) is 36.5 Å². The summed E-state index contributed by atoms with van der Waals surface area (Å²) in [5.74, 6) is 0.590. The molecule has 152 valence electrons. The zero-order valence-corrected chi connectivity index (χ0v) is 16.1. The molecule has 0 unspecified atom stereocenters. The first-order valence-corrected chi connectivity index (χ1v) is 9.15. The second-order valence-corrected chi connectivity index (χ2v) is 6.31. The third kappa shape index (κ3) is 5.18. The van der Waals surface area contributed by atoms with Gasteiger partial charge < -0.3 is 25.7 Å². The SMILES string of the molecule is COc1ccccc1CCNC(=O)CNC(=O)CCn1cnc2c(N)ncnc21. The monoisotopic (exact) mass is 397 g/mol. The Bertz CT molecular complexity index is 1000. The molecule has 0 aliphatic heterocycles. The molecule has 3 aromatic rings. The lowest BCUT2D eigenvalue weighted by Crippen LogP contribution is -2.37. The van der Waals surface area contributed by atoms with Crippen LogP contribution >= 0.6 is 0 Å². The van der Waals surface area contributed by atoms with E-state index in [4.69, 9.17) is 10.5 Å². The third-order valence-corrected chi connectivity index (χ3v) is 4.36. The minimum atomic E-state index is -0.248. The summed E-state index contributed by atoms with van der Waals surface area (Å²) in [5, 5.41) is 5.39. The molecule has 10 heteroatoms. The molecule has 0 bridgehead atoms. The van der Waals surface area contributed by atoms with Crippen LogP contribution in [0, 0.1) is 0 Å². The number of carbonyl (C=O) groups excluding carboxylic acids is 2. The predicted octanol–water partition coefficient (Wildman–Crippen LogP) is 0.282. The highest BCUT2D eigenvalue weighted by molar-refractivity contribution is 5.85. The number of ether oxygens (including phenoxy) is 1. The molecule has 10 nitrogen and oxygen atoms in total. The van der Waals surface area contributed by atoms with E-state index in [1.165, 1.54) is 6.33 Å². The van der Waals surface area contributed by atoms with Crippen LogP contribution in [0.3, 0.4) is 0 Å². The molecule has 0 saturated heterocycles. The molecule has 2 heterocycles. The van der Waals surface area contributed by atoms with Gasteiger partial charge >= 0.3 is 0 Å². The van der Waals surface area contributed by atoms with Gasteiger partial charge in [0.05, 0.1) is 20.0 Å². The van der Waals surface area contributed by atoms with Gasteiger partial charge in [-0.3, -0.25) is 9.59 Å². The number of nitrogens with two attached hydrogens (primary N) is 1. The summed E-state index contributed by atoms with van der Waals surface area (Å²) < 4.78 is 7.00. The summed E-state index contributed by atoms with van der Waals surface area (Å²) in [6.45, 7) is 0.746. The number of fused-ring (bicyclic) bond motifs is 1. The summed E-state index contributed by atoms with van der Waals surface area (Å²) in [4.78, 5) is 36.1. The second kappa shape index (κ2) is 9.49. The fourth-order valence-corrected chi connectivity index (χ4v) is 2.86. The van der Waals surface area contributed by atoms with Gasteiger partial charge in [0.25, 0.3) is 0 Å². The van der Waals surface area contributed by atoms with Gasteiger partial charge in [0, 0.05) is 19.5 Å². The molecular formula is C19H23N7O3. The molecule has 0 atom stereocenters. The number of nitrogen functional groups attached to an aromatic ring is 1. The Balaban J connectivity index is 1.38. The molecule has 0 aliphatic carbocycles. The van der Waals surface area contributed by atoms with Gasteiger partial charge in [-0.15, -0.1) is 0 Å². The maximum Gasteiger partial charge on any atom is 0.239 e. The lowest BCUT2D eigenvalue weighted by molar-refractivity contribution is -0.126. The number of para-hydroxylation sites is 1. The molecule has 29 heavy (non-hydrogen) atoms. The number of anilines is 1. The van der Waals surface area contributed by atoms with Crippen LogP contribution in [0.1, 0.15) is 12.0 Å². The van der Waals surface area contributed by atoms with Crippen molar-refractivity contribution in [1.29, 1.82) is 0 Å². The van der Waals surface area contributed by atoms with E-state index in [1.807, 2.05) is 24.3 Å². The number of amides is 2. The summed E-state index contributed by atoms with van der Waals surface area (Å²) in [7, 11) is 1.61. The average Bonchev–Trinajstić information content (AvgIpc) is 3.15. The molecule has 1 aromatic carbocycles. The zero-order valence-electron chi connectivity index (χ0n) is 16.1. The van der Waals surface area contributed by atoms with Crippen molar-refractivity contribution in [3.63, 3.8) is 0 Å². The molecule has 0 fully saturated rings. The van der Waals surface area contributed by atoms with E-state index in [0.717, 1.165) is 11.3 Å². The first kappa shape index (κ1) is 20.1. The van der Waals surface area contributed by atoms with Gasteiger partial charge in [0.2, 0.25) is 11.8 Å². The maximum absolute atomic E-state index is 12.0. The number of methoxy groups -OCH3 is 1. The van der Waals surface area contributed by atoms with E-state index >= 15 is 0 Å². The quantitative estimate of drug-likeness (QED) is 0.472. The first-order valence-electron chi connectivity index (χ1n) is 9.15. The van der Waals surface area contributed by atoms with E-state index in [-0.39, 0.29) is 24.8 Å². The highest BCUT2D eigenvalue weighted by Gasteiger charge is 2.10. The van der Waals surface area contributed by atoms with Crippen LogP contribution < -0.4 is 21.1 Å². The van der Waals surface area contributed by atoms with Gasteiger partial charge in [-0.25, -0.2) is 15.0 Å². The van der Waals surface area contributed by atoms with Gasteiger partial charge in [0.15, 0.2) is 11.5 Å². The predicted molar refractivity (Wildman–Crippen MR) is 107 cm³/mol. The number of nitrogens with one attached hydrogen (secondary N) is 2. The number of imidazole rings is 1. The fourth-order valence-electron chi connectivity index (χ4n) is 2.86. The standard InChI is InChI=1S/C19H23N7O3/c1-29-14-5-3-2-4-13(14)6-8-21-16(28)10-22-15(27)7-9-26-12-25-17-18(20)23-11-24-19(17)26/h2-5,11-12H,6-10H2,1H3,(H,21,28)(H,22,27)(H2,20,23,24). The van der Waals surface area contributed by atoms with Crippen molar-refractivity contribution in [3.05, 3.63) is 42.5 Å². The molecule has 2 aromatic heterocycles. The largest absolute Gasteiger partial charge is 0.496 e. The van der Waals surface area contributed by atoms with Crippen LogP contribution in [-0.4, -0.2) is 51.5 Å². The number of hydrogen-bond acceptors (Lipinski definition) is 7. The summed E-state index contributed by atoms with van der Waals surface area (Å²) in [6.07, 6.45) is 3.74. The molecule has 2 amide bonds. The van der Waals surface area contributed by atoms with Crippen LogP contribution in [-0.2, 0) is 22.6 Å². The van der Waals surface area contributed by atoms with Gasteiger partial charge in [0.1, 0.15) is 17.6 Å². The highest BCUT2D eigenvalue weighted by Crippen LogP contribution is 2.17. The van der Waals surface area contributed by atoms with Gasteiger partial charge in [-0.2, -0.15) is 0 Å². The van der Waals surface area contributed by atoms with Crippen LogP contribution in [0.25, 0.3) is 11.2 Å².